The smallest absolute Gasteiger partial charge is 0.315 e. The van der Waals surface area contributed by atoms with Crippen LogP contribution in [-0.2, 0) is 16.6 Å². The summed E-state index contributed by atoms with van der Waals surface area (Å²) in [6.45, 7) is 2.06. The molecule has 0 fully saturated rings. The number of ether oxygens (including phenoxy) is 2. The van der Waals surface area contributed by atoms with Gasteiger partial charge in [-0.25, -0.2) is 0 Å². The molecule has 0 heterocycles. The van der Waals surface area contributed by atoms with Gasteiger partial charge in [0.05, 0.1) is 16.9 Å². The second-order valence-corrected chi connectivity index (χ2v) is 8.26. The molecule has 160 valence electrons. The molecule has 31 heavy (non-hydrogen) atoms. The van der Waals surface area contributed by atoms with Crippen molar-refractivity contribution in [2.75, 3.05) is 7.11 Å². The zero-order valence-electron chi connectivity index (χ0n) is 16.9. The first-order chi connectivity index (χ1) is 14.8. The number of nitro benzene ring substituents is 1. The zero-order chi connectivity index (χ0) is 22.4. The summed E-state index contributed by atoms with van der Waals surface area (Å²) >= 11 is 0. The quantitative estimate of drug-likeness (QED) is 0.294. The molecule has 0 saturated heterocycles. The van der Waals surface area contributed by atoms with E-state index in [1.807, 2.05) is 31.2 Å². The molecule has 0 spiro atoms. The molecule has 0 aliphatic rings. The van der Waals surface area contributed by atoms with Crippen molar-refractivity contribution in [2.24, 2.45) is 4.40 Å². The molecule has 0 bridgehead atoms. The summed E-state index contributed by atoms with van der Waals surface area (Å²) in [6.07, 6.45) is 1.04. The predicted octanol–water partition coefficient (Wildman–Crippen LogP) is 4.30. The molecular weight excluding hydrogens is 420 g/mol. The minimum Gasteiger partial charge on any atom is -0.493 e. The molecule has 8 nitrogen and oxygen atoms in total. The lowest BCUT2D eigenvalue weighted by molar-refractivity contribution is -0.386. The van der Waals surface area contributed by atoms with E-state index in [1.54, 1.807) is 18.2 Å². The molecule has 9 heteroatoms. The summed E-state index contributed by atoms with van der Waals surface area (Å²) in [5, 5.41) is 11.6. The molecule has 0 N–H and O–H groups in total. The summed E-state index contributed by atoms with van der Waals surface area (Å²) in [5.74, 6) is 0.0519. The molecule has 0 unspecified atom stereocenters. The second-order valence-electron chi connectivity index (χ2n) is 6.63. The number of methoxy groups -OCH3 is 1. The van der Waals surface area contributed by atoms with Crippen LogP contribution in [0.5, 0.6) is 11.5 Å². The molecular formula is C22H20N2O6S. The zero-order valence-corrected chi connectivity index (χ0v) is 17.7. The first kappa shape index (κ1) is 22.0. The van der Waals surface area contributed by atoms with E-state index in [1.165, 1.54) is 31.4 Å². The maximum atomic E-state index is 12.3. The van der Waals surface area contributed by atoms with Gasteiger partial charge >= 0.3 is 5.69 Å². The Balaban J connectivity index is 1.92. The Kier molecular flexibility index (Phi) is 6.66. The first-order valence-corrected chi connectivity index (χ1v) is 10.6. The summed E-state index contributed by atoms with van der Waals surface area (Å²) in [4.78, 5) is 11.0. The van der Waals surface area contributed by atoms with Crippen molar-refractivity contribution in [2.45, 2.75) is 18.4 Å². The van der Waals surface area contributed by atoms with Crippen LogP contribution in [0, 0.1) is 17.0 Å². The highest BCUT2D eigenvalue weighted by molar-refractivity contribution is 7.90. The first-order valence-electron chi connectivity index (χ1n) is 9.20. The predicted molar refractivity (Wildman–Crippen MR) is 116 cm³/mol. The maximum absolute atomic E-state index is 12.3. The van der Waals surface area contributed by atoms with Crippen molar-refractivity contribution in [1.82, 2.24) is 0 Å². The fraction of sp³-hybridized carbons (Fsp3) is 0.136. The van der Waals surface area contributed by atoms with E-state index in [0.717, 1.165) is 17.3 Å². The number of sulfonamides is 1. The van der Waals surface area contributed by atoms with E-state index in [-0.39, 0.29) is 34.3 Å². The van der Waals surface area contributed by atoms with Crippen LogP contribution in [0.25, 0.3) is 0 Å². The van der Waals surface area contributed by atoms with E-state index in [0.29, 0.717) is 0 Å². The third kappa shape index (κ3) is 5.46. The van der Waals surface area contributed by atoms with Gasteiger partial charge in [-0.05, 0) is 30.7 Å². The lowest BCUT2D eigenvalue weighted by Gasteiger charge is -2.12. The number of rotatable bonds is 8. The van der Waals surface area contributed by atoms with Gasteiger partial charge in [0.1, 0.15) is 6.61 Å². The Morgan fingerprint density at radius 2 is 1.74 bits per heavy atom. The van der Waals surface area contributed by atoms with Crippen LogP contribution in [0.1, 0.15) is 16.7 Å². The number of aryl methyl sites for hydroxylation is 1. The summed E-state index contributed by atoms with van der Waals surface area (Å²) < 4.78 is 39.3. The van der Waals surface area contributed by atoms with Gasteiger partial charge in [-0.15, -0.1) is 0 Å². The van der Waals surface area contributed by atoms with E-state index in [2.05, 4.69) is 4.40 Å². The van der Waals surface area contributed by atoms with Crippen molar-refractivity contribution in [3.05, 3.63) is 93.5 Å². The van der Waals surface area contributed by atoms with Gasteiger partial charge in [0, 0.05) is 17.8 Å². The number of hydrogen-bond acceptors (Lipinski definition) is 6. The molecule has 0 radical (unpaired) electrons. The van der Waals surface area contributed by atoms with Crippen LogP contribution in [-0.4, -0.2) is 26.7 Å². The van der Waals surface area contributed by atoms with Crippen molar-refractivity contribution in [1.29, 1.82) is 0 Å². The Bertz CT molecular complexity index is 1210. The van der Waals surface area contributed by atoms with Crippen molar-refractivity contribution < 1.29 is 22.8 Å². The molecule has 3 aromatic rings. The Morgan fingerprint density at radius 1 is 1.06 bits per heavy atom. The summed E-state index contributed by atoms with van der Waals surface area (Å²) in [6, 6.07) is 17.9. The van der Waals surface area contributed by atoms with E-state index >= 15 is 0 Å². The number of hydrogen-bond donors (Lipinski definition) is 0. The van der Waals surface area contributed by atoms with Gasteiger partial charge in [-0.2, -0.15) is 12.8 Å². The highest BCUT2D eigenvalue weighted by Crippen LogP contribution is 2.38. The van der Waals surface area contributed by atoms with Crippen LogP contribution in [0.3, 0.4) is 0 Å². The number of benzene rings is 3. The standard InChI is InChI=1S/C22H20N2O6S/c1-16-8-10-17(11-9-16)15-30-22-20(24(25)26)12-18(13-21(22)29-2)14-23-31(27,28)19-6-4-3-5-7-19/h3-14H,15H2,1-2H3/b23-14-. The van der Waals surface area contributed by atoms with Crippen LogP contribution in [0.2, 0.25) is 0 Å². The molecule has 3 aromatic carbocycles. The van der Waals surface area contributed by atoms with Gasteiger partial charge in [0.2, 0.25) is 5.75 Å². The van der Waals surface area contributed by atoms with Gasteiger partial charge in [0.15, 0.2) is 5.75 Å². The molecule has 0 aliphatic carbocycles. The van der Waals surface area contributed by atoms with Gasteiger partial charge in [-0.3, -0.25) is 10.1 Å². The van der Waals surface area contributed by atoms with E-state index in [9.17, 15) is 18.5 Å². The van der Waals surface area contributed by atoms with Gasteiger partial charge in [0.25, 0.3) is 10.0 Å². The molecule has 3 rings (SSSR count). The monoisotopic (exact) mass is 440 g/mol. The highest BCUT2D eigenvalue weighted by Gasteiger charge is 2.22. The van der Waals surface area contributed by atoms with Gasteiger partial charge in [-0.1, -0.05) is 48.0 Å². The molecule has 0 aromatic heterocycles. The Labute approximate surface area is 180 Å². The van der Waals surface area contributed by atoms with Crippen molar-refractivity contribution >= 4 is 21.9 Å². The third-order valence-electron chi connectivity index (χ3n) is 4.36. The third-order valence-corrected chi connectivity index (χ3v) is 5.61. The Morgan fingerprint density at radius 3 is 2.35 bits per heavy atom. The molecule has 0 saturated carbocycles. The van der Waals surface area contributed by atoms with Crippen molar-refractivity contribution in [3.63, 3.8) is 0 Å². The van der Waals surface area contributed by atoms with Crippen LogP contribution in [0.15, 0.2) is 76.0 Å². The van der Waals surface area contributed by atoms with E-state index < -0.39 is 14.9 Å². The van der Waals surface area contributed by atoms with Crippen LogP contribution in [0.4, 0.5) is 5.69 Å². The van der Waals surface area contributed by atoms with Crippen LogP contribution >= 0.6 is 0 Å². The molecule has 0 amide bonds. The minimum atomic E-state index is -3.94. The molecule has 0 atom stereocenters. The fourth-order valence-corrected chi connectivity index (χ4v) is 3.62. The van der Waals surface area contributed by atoms with E-state index in [4.69, 9.17) is 9.47 Å². The lowest BCUT2D eigenvalue weighted by atomic mass is 10.1. The van der Waals surface area contributed by atoms with Crippen LogP contribution < -0.4 is 9.47 Å². The fourth-order valence-electron chi connectivity index (χ4n) is 2.74. The largest absolute Gasteiger partial charge is 0.493 e. The normalized spacial score (nSPS) is 11.4. The summed E-state index contributed by atoms with van der Waals surface area (Å²) in [7, 11) is -2.60. The SMILES string of the molecule is COc1cc(/C=N\S(=O)(=O)c2ccccc2)cc([N+](=O)[O-])c1OCc1ccc(C)cc1. The lowest BCUT2D eigenvalue weighted by Crippen LogP contribution is -2.03. The number of nitrogens with zero attached hydrogens (tertiary/aromatic N) is 2. The topological polar surface area (TPSA) is 108 Å². The second kappa shape index (κ2) is 9.40. The Hall–Kier alpha value is -3.72. The van der Waals surface area contributed by atoms with Crippen molar-refractivity contribution in [3.8, 4) is 11.5 Å². The maximum Gasteiger partial charge on any atom is 0.315 e. The molecule has 0 aliphatic heterocycles. The highest BCUT2D eigenvalue weighted by atomic mass is 32.2. The summed E-state index contributed by atoms with van der Waals surface area (Å²) in [5.41, 5.74) is 1.75. The van der Waals surface area contributed by atoms with Gasteiger partial charge < -0.3 is 9.47 Å². The minimum absolute atomic E-state index is 0.0192. The average Bonchev–Trinajstić information content (AvgIpc) is 2.77. The average molecular weight is 440 g/mol. The number of nitro groups is 1.